The number of nitrogen functional groups attached to an aromatic ring is 1. The van der Waals surface area contributed by atoms with Gasteiger partial charge in [0.15, 0.2) is 0 Å². The van der Waals surface area contributed by atoms with E-state index in [4.69, 9.17) is 5.73 Å². The lowest BCUT2D eigenvalue weighted by molar-refractivity contribution is 0.341. The van der Waals surface area contributed by atoms with E-state index in [1.807, 2.05) is 16.9 Å². The van der Waals surface area contributed by atoms with Crippen LogP contribution in [0, 0.1) is 5.41 Å². The van der Waals surface area contributed by atoms with Crippen LogP contribution in [0.3, 0.4) is 0 Å². The molecule has 0 saturated heterocycles. The van der Waals surface area contributed by atoms with Gasteiger partial charge in [0.1, 0.15) is 5.82 Å². The summed E-state index contributed by atoms with van der Waals surface area (Å²) in [6.45, 7) is 7.61. The molecule has 68 valence electrons. The van der Waals surface area contributed by atoms with Crippen LogP contribution in [0.2, 0.25) is 0 Å². The van der Waals surface area contributed by atoms with Gasteiger partial charge in [-0.05, 0) is 17.9 Å². The molecule has 0 aromatic carbocycles. The SMILES string of the molecule is CC(C)(C)CCn1ccc(N)n1. The Morgan fingerprint density at radius 1 is 1.50 bits per heavy atom. The van der Waals surface area contributed by atoms with Crippen LogP contribution in [-0.2, 0) is 6.54 Å². The molecule has 0 aliphatic carbocycles. The van der Waals surface area contributed by atoms with Crippen LogP contribution >= 0.6 is 0 Å². The normalized spacial score (nSPS) is 11.9. The zero-order chi connectivity index (χ0) is 9.19. The summed E-state index contributed by atoms with van der Waals surface area (Å²) in [5.74, 6) is 0.601. The summed E-state index contributed by atoms with van der Waals surface area (Å²) in [5.41, 5.74) is 5.85. The van der Waals surface area contributed by atoms with E-state index in [0.29, 0.717) is 11.2 Å². The Kier molecular flexibility index (Phi) is 2.40. The number of hydrogen-bond acceptors (Lipinski definition) is 2. The van der Waals surface area contributed by atoms with Crippen molar-refractivity contribution in [3.05, 3.63) is 12.3 Å². The first-order valence-electron chi connectivity index (χ1n) is 4.26. The molecule has 3 heteroatoms. The Bertz CT molecular complexity index is 245. The number of anilines is 1. The van der Waals surface area contributed by atoms with Gasteiger partial charge in [-0.1, -0.05) is 20.8 Å². The lowest BCUT2D eigenvalue weighted by Gasteiger charge is -2.17. The predicted octanol–water partition coefficient (Wildman–Crippen LogP) is 1.90. The van der Waals surface area contributed by atoms with E-state index >= 15 is 0 Å². The van der Waals surface area contributed by atoms with Crippen LogP contribution in [0.15, 0.2) is 12.3 Å². The fourth-order valence-electron chi connectivity index (χ4n) is 0.952. The first-order valence-corrected chi connectivity index (χ1v) is 4.26. The Labute approximate surface area is 73.6 Å². The molecule has 1 aromatic rings. The number of nitrogens with two attached hydrogens (primary N) is 1. The lowest BCUT2D eigenvalue weighted by atomic mass is 9.92. The second-order valence-electron chi connectivity index (χ2n) is 4.31. The Morgan fingerprint density at radius 2 is 2.17 bits per heavy atom. The lowest BCUT2D eigenvalue weighted by Crippen LogP contribution is -2.10. The standard InChI is InChI=1S/C9H17N3/c1-9(2,3)5-7-12-6-4-8(10)11-12/h4,6H,5,7H2,1-3H3,(H2,10,11). The Morgan fingerprint density at radius 3 is 2.58 bits per heavy atom. The van der Waals surface area contributed by atoms with E-state index in [-0.39, 0.29) is 0 Å². The van der Waals surface area contributed by atoms with Gasteiger partial charge in [0.05, 0.1) is 0 Å². The average Bonchev–Trinajstić information content (AvgIpc) is 2.30. The van der Waals surface area contributed by atoms with Crippen LogP contribution in [0.4, 0.5) is 5.82 Å². The fourth-order valence-corrected chi connectivity index (χ4v) is 0.952. The highest BCUT2D eigenvalue weighted by Gasteiger charge is 2.09. The summed E-state index contributed by atoms with van der Waals surface area (Å²) < 4.78 is 1.89. The van der Waals surface area contributed by atoms with E-state index in [1.54, 1.807) is 0 Å². The molecule has 0 fully saturated rings. The molecule has 0 saturated carbocycles. The molecule has 0 radical (unpaired) electrons. The van der Waals surface area contributed by atoms with Crippen molar-refractivity contribution in [3.8, 4) is 0 Å². The van der Waals surface area contributed by atoms with Crippen molar-refractivity contribution in [2.45, 2.75) is 33.7 Å². The third-order valence-corrected chi connectivity index (χ3v) is 1.75. The van der Waals surface area contributed by atoms with Crippen molar-refractivity contribution in [3.63, 3.8) is 0 Å². The maximum Gasteiger partial charge on any atom is 0.145 e. The third-order valence-electron chi connectivity index (χ3n) is 1.75. The molecule has 0 atom stereocenters. The maximum atomic E-state index is 5.49. The van der Waals surface area contributed by atoms with Crippen LogP contribution in [0.5, 0.6) is 0 Å². The summed E-state index contributed by atoms with van der Waals surface area (Å²) in [6, 6.07) is 1.82. The number of rotatable bonds is 2. The highest BCUT2D eigenvalue weighted by atomic mass is 15.3. The predicted molar refractivity (Wildman–Crippen MR) is 50.7 cm³/mol. The fraction of sp³-hybridized carbons (Fsp3) is 0.667. The number of nitrogens with zero attached hydrogens (tertiary/aromatic N) is 2. The minimum Gasteiger partial charge on any atom is -0.382 e. The molecule has 1 rings (SSSR count). The van der Waals surface area contributed by atoms with Gasteiger partial charge in [-0.15, -0.1) is 0 Å². The monoisotopic (exact) mass is 167 g/mol. The first kappa shape index (κ1) is 9.10. The second kappa shape index (κ2) is 3.17. The van der Waals surface area contributed by atoms with E-state index in [1.165, 1.54) is 0 Å². The van der Waals surface area contributed by atoms with Crippen LogP contribution in [0.1, 0.15) is 27.2 Å². The molecular weight excluding hydrogens is 150 g/mol. The van der Waals surface area contributed by atoms with Crippen LogP contribution < -0.4 is 5.73 Å². The second-order valence-corrected chi connectivity index (χ2v) is 4.31. The Balaban J connectivity index is 2.44. The molecule has 12 heavy (non-hydrogen) atoms. The summed E-state index contributed by atoms with van der Waals surface area (Å²) in [7, 11) is 0. The molecule has 0 aliphatic rings. The Hall–Kier alpha value is -0.990. The van der Waals surface area contributed by atoms with Crippen molar-refractivity contribution in [1.82, 2.24) is 9.78 Å². The van der Waals surface area contributed by atoms with E-state index in [0.717, 1.165) is 13.0 Å². The molecule has 0 aliphatic heterocycles. The van der Waals surface area contributed by atoms with Crippen LogP contribution in [-0.4, -0.2) is 9.78 Å². The van der Waals surface area contributed by atoms with E-state index in [9.17, 15) is 0 Å². The van der Waals surface area contributed by atoms with Gasteiger partial charge in [0, 0.05) is 12.7 Å². The highest BCUT2D eigenvalue weighted by Crippen LogP contribution is 2.19. The maximum absolute atomic E-state index is 5.49. The van der Waals surface area contributed by atoms with Gasteiger partial charge >= 0.3 is 0 Å². The van der Waals surface area contributed by atoms with Gasteiger partial charge in [-0.25, -0.2) is 0 Å². The molecule has 0 spiro atoms. The third kappa shape index (κ3) is 2.95. The van der Waals surface area contributed by atoms with Crippen molar-refractivity contribution in [1.29, 1.82) is 0 Å². The number of aryl methyl sites for hydroxylation is 1. The van der Waals surface area contributed by atoms with Crippen molar-refractivity contribution < 1.29 is 0 Å². The molecule has 0 unspecified atom stereocenters. The first-order chi connectivity index (χ1) is 5.47. The highest BCUT2D eigenvalue weighted by molar-refractivity contribution is 5.23. The van der Waals surface area contributed by atoms with Gasteiger partial charge in [0.2, 0.25) is 0 Å². The molecule has 0 amide bonds. The zero-order valence-corrected chi connectivity index (χ0v) is 8.04. The summed E-state index contributed by atoms with van der Waals surface area (Å²) in [4.78, 5) is 0. The number of aromatic nitrogens is 2. The van der Waals surface area contributed by atoms with Crippen LogP contribution in [0.25, 0.3) is 0 Å². The summed E-state index contributed by atoms with van der Waals surface area (Å²) in [6.07, 6.45) is 3.04. The molecule has 2 N–H and O–H groups in total. The number of hydrogen-bond donors (Lipinski definition) is 1. The largest absolute Gasteiger partial charge is 0.382 e. The quantitative estimate of drug-likeness (QED) is 0.731. The summed E-state index contributed by atoms with van der Waals surface area (Å²) in [5, 5.41) is 4.11. The van der Waals surface area contributed by atoms with Gasteiger partial charge in [-0.3, -0.25) is 4.68 Å². The zero-order valence-electron chi connectivity index (χ0n) is 8.04. The van der Waals surface area contributed by atoms with Crippen molar-refractivity contribution >= 4 is 5.82 Å². The molecule has 1 aromatic heterocycles. The minimum atomic E-state index is 0.362. The van der Waals surface area contributed by atoms with Gasteiger partial charge < -0.3 is 5.73 Å². The summed E-state index contributed by atoms with van der Waals surface area (Å²) >= 11 is 0. The van der Waals surface area contributed by atoms with Crippen molar-refractivity contribution in [2.75, 3.05) is 5.73 Å². The molecule has 1 heterocycles. The van der Waals surface area contributed by atoms with Crippen molar-refractivity contribution in [2.24, 2.45) is 5.41 Å². The smallest absolute Gasteiger partial charge is 0.145 e. The van der Waals surface area contributed by atoms with E-state index < -0.39 is 0 Å². The molecule has 0 bridgehead atoms. The minimum absolute atomic E-state index is 0.362. The van der Waals surface area contributed by atoms with Gasteiger partial charge in [0.25, 0.3) is 0 Å². The molecular formula is C9H17N3. The average molecular weight is 167 g/mol. The van der Waals surface area contributed by atoms with E-state index in [2.05, 4.69) is 25.9 Å². The molecule has 3 nitrogen and oxygen atoms in total. The van der Waals surface area contributed by atoms with Gasteiger partial charge in [-0.2, -0.15) is 5.10 Å². The topological polar surface area (TPSA) is 43.8 Å².